The first kappa shape index (κ1) is 13.4. The van der Waals surface area contributed by atoms with Gasteiger partial charge in [0.15, 0.2) is 0 Å². The maximum absolute atomic E-state index is 12.1. The topological polar surface area (TPSA) is 85.8 Å². The average molecular weight is 280 g/mol. The third-order valence-corrected chi connectivity index (χ3v) is 2.92. The molecular formula is C12H14ClN5O. The molecule has 0 bridgehead atoms. The van der Waals surface area contributed by atoms with E-state index in [9.17, 15) is 4.79 Å². The zero-order valence-corrected chi connectivity index (χ0v) is 11.4. The normalized spacial score (nSPS) is 10.5. The summed E-state index contributed by atoms with van der Waals surface area (Å²) in [5, 5.41) is 7.29. The van der Waals surface area contributed by atoms with Gasteiger partial charge in [-0.1, -0.05) is 18.5 Å². The molecule has 0 fully saturated rings. The van der Waals surface area contributed by atoms with E-state index in [0.29, 0.717) is 11.3 Å². The number of nitrogens with two attached hydrogens (primary N) is 1. The fourth-order valence-corrected chi connectivity index (χ4v) is 1.83. The fourth-order valence-electron chi connectivity index (χ4n) is 1.67. The maximum atomic E-state index is 12.1. The SMILES string of the molecule is CCc1nn(C)cc1NC(=O)c1cnc(N)c(Cl)c1. The minimum atomic E-state index is -0.294. The third-order valence-electron chi connectivity index (χ3n) is 2.62. The van der Waals surface area contributed by atoms with Gasteiger partial charge in [-0.25, -0.2) is 4.98 Å². The Kier molecular flexibility index (Phi) is 3.71. The van der Waals surface area contributed by atoms with E-state index in [4.69, 9.17) is 17.3 Å². The lowest BCUT2D eigenvalue weighted by Crippen LogP contribution is -2.13. The Balaban J connectivity index is 2.22. The molecule has 2 aromatic heterocycles. The molecule has 0 radical (unpaired) electrons. The molecule has 3 N–H and O–H groups in total. The molecule has 100 valence electrons. The van der Waals surface area contributed by atoms with Crippen LogP contribution in [-0.2, 0) is 13.5 Å². The van der Waals surface area contributed by atoms with Crippen molar-refractivity contribution in [1.29, 1.82) is 0 Å². The van der Waals surface area contributed by atoms with Crippen LogP contribution < -0.4 is 11.1 Å². The number of aromatic nitrogens is 3. The van der Waals surface area contributed by atoms with Crippen LogP contribution >= 0.6 is 11.6 Å². The van der Waals surface area contributed by atoms with Crippen molar-refractivity contribution < 1.29 is 4.79 Å². The lowest BCUT2D eigenvalue weighted by Gasteiger charge is -2.05. The molecule has 6 nitrogen and oxygen atoms in total. The zero-order valence-electron chi connectivity index (χ0n) is 10.6. The Morgan fingerprint density at radius 2 is 2.32 bits per heavy atom. The molecule has 2 rings (SSSR count). The summed E-state index contributed by atoms with van der Waals surface area (Å²) < 4.78 is 1.66. The number of rotatable bonds is 3. The van der Waals surface area contributed by atoms with E-state index in [1.165, 1.54) is 12.3 Å². The van der Waals surface area contributed by atoms with Gasteiger partial charge in [-0.3, -0.25) is 9.48 Å². The van der Waals surface area contributed by atoms with Gasteiger partial charge in [-0.2, -0.15) is 5.10 Å². The van der Waals surface area contributed by atoms with Crippen LogP contribution in [0.4, 0.5) is 11.5 Å². The number of halogens is 1. The number of nitrogen functional groups attached to an aromatic ring is 1. The highest BCUT2D eigenvalue weighted by Gasteiger charge is 2.12. The molecule has 0 aromatic carbocycles. The Labute approximate surface area is 115 Å². The Hall–Kier alpha value is -2.08. The molecule has 0 saturated carbocycles. The molecule has 0 aliphatic heterocycles. The van der Waals surface area contributed by atoms with Crippen LogP contribution in [0.2, 0.25) is 5.02 Å². The number of carbonyl (C=O) groups is 1. The predicted molar refractivity (Wildman–Crippen MR) is 74.2 cm³/mol. The van der Waals surface area contributed by atoms with E-state index in [2.05, 4.69) is 15.4 Å². The summed E-state index contributed by atoms with van der Waals surface area (Å²) in [6.45, 7) is 1.97. The van der Waals surface area contributed by atoms with E-state index in [0.717, 1.165) is 12.1 Å². The molecule has 19 heavy (non-hydrogen) atoms. The molecule has 0 spiro atoms. The highest BCUT2D eigenvalue weighted by molar-refractivity contribution is 6.33. The molecule has 1 amide bonds. The van der Waals surface area contributed by atoms with Crippen LogP contribution in [0.25, 0.3) is 0 Å². The Morgan fingerprint density at radius 1 is 1.58 bits per heavy atom. The fraction of sp³-hybridized carbons (Fsp3) is 0.250. The highest BCUT2D eigenvalue weighted by atomic mass is 35.5. The standard InChI is InChI=1S/C12H14ClN5O/c1-3-9-10(6-18(2)17-9)16-12(19)7-4-8(13)11(14)15-5-7/h4-6H,3H2,1-2H3,(H2,14,15)(H,16,19). The molecule has 2 aromatic rings. The van der Waals surface area contributed by atoms with E-state index >= 15 is 0 Å². The molecule has 0 atom stereocenters. The molecule has 7 heteroatoms. The van der Waals surface area contributed by atoms with E-state index < -0.39 is 0 Å². The van der Waals surface area contributed by atoms with Crippen molar-refractivity contribution >= 4 is 29.0 Å². The summed E-state index contributed by atoms with van der Waals surface area (Å²) in [5.74, 6) is -0.0917. The first-order valence-corrected chi connectivity index (χ1v) is 6.14. The number of nitrogens with one attached hydrogen (secondary N) is 1. The van der Waals surface area contributed by atoms with Crippen molar-refractivity contribution in [3.8, 4) is 0 Å². The molecule has 2 heterocycles. The van der Waals surface area contributed by atoms with E-state index in [-0.39, 0.29) is 16.7 Å². The van der Waals surface area contributed by atoms with Gasteiger partial charge in [0.1, 0.15) is 5.82 Å². The number of pyridine rings is 1. The summed E-state index contributed by atoms with van der Waals surface area (Å²) in [4.78, 5) is 15.9. The minimum Gasteiger partial charge on any atom is -0.382 e. The third kappa shape index (κ3) is 2.85. The second-order valence-corrected chi connectivity index (χ2v) is 4.47. The zero-order chi connectivity index (χ0) is 14.0. The molecule has 0 saturated heterocycles. The van der Waals surface area contributed by atoms with Gasteiger partial charge >= 0.3 is 0 Å². The molecular weight excluding hydrogens is 266 g/mol. The molecule has 0 unspecified atom stereocenters. The Bertz CT molecular complexity index is 623. The molecule has 0 aliphatic rings. The van der Waals surface area contributed by atoms with Crippen molar-refractivity contribution in [3.63, 3.8) is 0 Å². The van der Waals surface area contributed by atoms with Crippen molar-refractivity contribution in [2.45, 2.75) is 13.3 Å². The van der Waals surface area contributed by atoms with E-state index in [1.807, 2.05) is 6.92 Å². The number of nitrogens with zero attached hydrogens (tertiary/aromatic N) is 3. The summed E-state index contributed by atoms with van der Waals surface area (Å²) in [6.07, 6.45) is 3.87. The van der Waals surface area contributed by atoms with Crippen LogP contribution in [0.3, 0.4) is 0 Å². The summed E-state index contributed by atoms with van der Waals surface area (Å²) in [7, 11) is 1.80. The second-order valence-electron chi connectivity index (χ2n) is 4.06. The van der Waals surface area contributed by atoms with Crippen LogP contribution in [-0.4, -0.2) is 20.7 Å². The lowest BCUT2D eigenvalue weighted by molar-refractivity contribution is 0.102. The van der Waals surface area contributed by atoms with Gasteiger partial charge in [0.2, 0.25) is 0 Å². The number of hydrogen-bond donors (Lipinski definition) is 2. The number of amides is 1. The number of carbonyl (C=O) groups excluding carboxylic acids is 1. The van der Waals surface area contributed by atoms with Crippen molar-refractivity contribution in [3.05, 3.63) is 34.7 Å². The first-order chi connectivity index (χ1) is 9.01. The highest BCUT2D eigenvalue weighted by Crippen LogP contribution is 2.19. The minimum absolute atomic E-state index is 0.203. The average Bonchev–Trinajstić information content (AvgIpc) is 2.72. The smallest absolute Gasteiger partial charge is 0.257 e. The number of hydrogen-bond acceptors (Lipinski definition) is 4. The van der Waals surface area contributed by atoms with Gasteiger partial charge in [0.25, 0.3) is 5.91 Å². The van der Waals surface area contributed by atoms with Crippen molar-refractivity contribution in [2.24, 2.45) is 7.05 Å². The van der Waals surface area contributed by atoms with Crippen LogP contribution in [0.15, 0.2) is 18.5 Å². The summed E-state index contributed by atoms with van der Waals surface area (Å²) >= 11 is 5.84. The molecule has 0 aliphatic carbocycles. The van der Waals surface area contributed by atoms with Crippen LogP contribution in [0, 0.1) is 0 Å². The second kappa shape index (κ2) is 5.27. The van der Waals surface area contributed by atoms with Crippen molar-refractivity contribution in [1.82, 2.24) is 14.8 Å². The van der Waals surface area contributed by atoms with Gasteiger partial charge in [-0.05, 0) is 12.5 Å². The van der Waals surface area contributed by atoms with Gasteiger partial charge in [-0.15, -0.1) is 0 Å². The monoisotopic (exact) mass is 279 g/mol. The van der Waals surface area contributed by atoms with Crippen LogP contribution in [0.5, 0.6) is 0 Å². The van der Waals surface area contributed by atoms with Gasteiger partial charge < -0.3 is 11.1 Å². The summed E-state index contributed by atoms with van der Waals surface area (Å²) in [6, 6.07) is 1.49. The Morgan fingerprint density at radius 3 is 2.95 bits per heavy atom. The quantitative estimate of drug-likeness (QED) is 0.898. The van der Waals surface area contributed by atoms with Gasteiger partial charge in [0.05, 0.1) is 22.0 Å². The first-order valence-electron chi connectivity index (χ1n) is 5.76. The van der Waals surface area contributed by atoms with E-state index in [1.54, 1.807) is 17.9 Å². The van der Waals surface area contributed by atoms with Crippen LogP contribution in [0.1, 0.15) is 23.0 Å². The predicted octanol–water partition coefficient (Wildman–Crippen LogP) is 1.87. The number of anilines is 2. The number of aryl methyl sites for hydroxylation is 2. The largest absolute Gasteiger partial charge is 0.382 e. The van der Waals surface area contributed by atoms with Gasteiger partial charge in [0, 0.05) is 19.4 Å². The lowest BCUT2D eigenvalue weighted by atomic mass is 10.2. The van der Waals surface area contributed by atoms with Crippen molar-refractivity contribution in [2.75, 3.05) is 11.1 Å². The summed E-state index contributed by atoms with van der Waals surface area (Å²) in [5.41, 5.74) is 7.36. The maximum Gasteiger partial charge on any atom is 0.257 e.